The van der Waals surface area contributed by atoms with E-state index >= 15 is 0 Å². The number of ether oxygens (including phenoxy) is 3. The molecule has 4 aromatic carbocycles. The predicted molar refractivity (Wildman–Crippen MR) is 164 cm³/mol. The zero-order valence-corrected chi connectivity index (χ0v) is 24.4. The van der Waals surface area contributed by atoms with Gasteiger partial charge in [-0.3, -0.25) is 14.9 Å². The van der Waals surface area contributed by atoms with Gasteiger partial charge in [0.1, 0.15) is 30.6 Å². The third-order valence-electron chi connectivity index (χ3n) is 6.01. The van der Waals surface area contributed by atoms with E-state index in [0.717, 1.165) is 11.1 Å². The minimum Gasteiger partial charge on any atom is -0.490 e. The summed E-state index contributed by atoms with van der Waals surface area (Å²) in [6.07, 6.45) is 1.45. The molecule has 9 nitrogen and oxygen atoms in total. The number of amides is 1. The number of nitrogens with one attached hydrogen (secondary N) is 1. The Hall–Kier alpha value is -5.04. The van der Waals surface area contributed by atoms with Crippen LogP contribution in [0, 0.1) is 21.4 Å². The Morgan fingerprint density at radius 2 is 1.67 bits per heavy atom. The highest BCUT2D eigenvalue weighted by Gasteiger charge is 2.13. The average molecular weight is 618 g/mol. The Bertz CT molecular complexity index is 1680. The number of anilines is 1. The first-order valence-electron chi connectivity index (χ1n) is 13.0. The molecule has 0 aromatic heterocycles. The van der Waals surface area contributed by atoms with Crippen molar-refractivity contribution in [3.8, 4) is 23.3 Å². The van der Waals surface area contributed by atoms with E-state index in [9.17, 15) is 20.2 Å². The number of carbonyl (C=O) groups is 1. The van der Waals surface area contributed by atoms with E-state index in [1.165, 1.54) is 18.2 Å². The quantitative estimate of drug-likeness (QED) is 0.0738. The molecule has 218 valence electrons. The molecule has 0 aliphatic heterocycles. The number of non-ortho nitro benzene ring substituents is 1. The molecular weight excluding hydrogens is 593 g/mol. The maximum atomic E-state index is 12.9. The smallest absolute Gasteiger partial charge is 0.269 e. The topological polar surface area (TPSA) is 124 Å². The number of hydrogen-bond acceptors (Lipinski definition) is 7. The molecule has 4 aromatic rings. The van der Waals surface area contributed by atoms with Crippen LogP contribution in [0.5, 0.6) is 17.2 Å². The van der Waals surface area contributed by atoms with Crippen LogP contribution in [-0.4, -0.2) is 17.4 Å². The van der Waals surface area contributed by atoms with E-state index in [4.69, 9.17) is 37.4 Å². The first-order chi connectivity index (χ1) is 20.7. The van der Waals surface area contributed by atoms with Crippen molar-refractivity contribution in [2.75, 3.05) is 11.9 Å². The molecule has 0 saturated carbocycles. The number of nitrogens with zero attached hydrogens (tertiary/aromatic N) is 2. The van der Waals surface area contributed by atoms with Crippen molar-refractivity contribution in [2.45, 2.75) is 20.1 Å². The van der Waals surface area contributed by atoms with Crippen molar-refractivity contribution in [2.24, 2.45) is 0 Å². The molecule has 0 spiro atoms. The maximum Gasteiger partial charge on any atom is 0.269 e. The van der Waals surface area contributed by atoms with Crippen molar-refractivity contribution in [1.29, 1.82) is 5.26 Å². The number of hydrogen-bond donors (Lipinski definition) is 1. The summed E-state index contributed by atoms with van der Waals surface area (Å²) in [4.78, 5) is 23.3. The molecular formula is C32H25Cl2N3O6. The Labute approximate surface area is 258 Å². The first-order valence-corrected chi connectivity index (χ1v) is 13.7. The number of carbonyl (C=O) groups excluding carboxylic acids is 1. The third-order valence-corrected chi connectivity index (χ3v) is 6.59. The lowest BCUT2D eigenvalue weighted by molar-refractivity contribution is -0.384. The van der Waals surface area contributed by atoms with Crippen LogP contribution in [0.4, 0.5) is 11.4 Å². The molecule has 0 atom stereocenters. The van der Waals surface area contributed by atoms with Crippen LogP contribution in [0.25, 0.3) is 6.08 Å². The van der Waals surface area contributed by atoms with Gasteiger partial charge in [-0.1, -0.05) is 35.3 Å². The van der Waals surface area contributed by atoms with Gasteiger partial charge in [0.25, 0.3) is 11.6 Å². The zero-order valence-electron chi connectivity index (χ0n) is 22.9. The summed E-state index contributed by atoms with van der Waals surface area (Å²) >= 11 is 12.1. The normalized spacial score (nSPS) is 10.9. The van der Waals surface area contributed by atoms with Gasteiger partial charge >= 0.3 is 0 Å². The van der Waals surface area contributed by atoms with Gasteiger partial charge in [-0.25, -0.2) is 0 Å². The van der Waals surface area contributed by atoms with E-state index in [1.54, 1.807) is 72.8 Å². The van der Waals surface area contributed by atoms with Crippen LogP contribution in [0.15, 0.2) is 90.5 Å². The minimum atomic E-state index is -0.583. The molecule has 0 fully saturated rings. The second-order valence-corrected chi connectivity index (χ2v) is 9.87. The molecule has 11 heteroatoms. The van der Waals surface area contributed by atoms with Crippen LogP contribution in [0.1, 0.15) is 23.6 Å². The monoisotopic (exact) mass is 617 g/mol. The summed E-state index contributed by atoms with van der Waals surface area (Å²) in [5.41, 5.74) is 2.44. The SMILES string of the molecule is CCOc1cc(/C=C(\C#N)C(=O)Nc2ccc(OCc3ccc(Cl)cc3Cl)cc2)ccc1OCc1ccc([N+](=O)[O-])cc1. The van der Waals surface area contributed by atoms with Crippen molar-refractivity contribution >= 4 is 46.6 Å². The largest absolute Gasteiger partial charge is 0.490 e. The second-order valence-electron chi connectivity index (χ2n) is 9.02. The number of halogens is 2. The molecule has 0 unspecified atom stereocenters. The van der Waals surface area contributed by atoms with Crippen molar-refractivity contribution in [3.63, 3.8) is 0 Å². The zero-order chi connectivity index (χ0) is 30.8. The van der Waals surface area contributed by atoms with Gasteiger partial charge in [0.15, 0.2) is 11.5 Å². The molecule has 0 aliphatic carbocycles. The first kappa shape index (κ1) is 30.9. The van der Waals surface area contributed by atoms with E-state index in [1.807, 2.05) is 13.0 Å². The Morgan fingerprint density at radius 3 is 2.33 bits per heavy atom. The lowest BCUT2D eigenvalue weighted by atomic mass is 10.1. The predicted octanol–water partition coefficient (Wildman–Crippen LogP) is 8.00. The summed E-state index contributed by atoms with van der Waals surface area (Å²) in [5, 5.41) is 24.3. The van der Waals surface area contributed by atoms with Gasteiger partial charge < -0.3 is 19.5 Å². The number of nitriles is 1. The second kappa shape index (κ2) is 14.7. The molecule has 0 heterocycles. The summed E-state index contributed by atoms with van der Waals surface area (Å²) < 4.78 is 17.3. The van der Waals surface area contributed by atoms with E-state index in [-0.39, 0.29) is 24.5 Å². The fourth-order valence-electron chi connectivity index (χ4n) is 3.82. The fraction of sp³-hybridized carbons (Fsp3) is 0.125. The highest BCUT2D eigenvalue weighted by Crippen LogP contribution is 2.31. The van der Waals surface area contributed by atoms with Crippen LogP contribution in [0.2, 0.25) is 10.0 Å². The van der Waals surface area contributed by atoms with Gasteiger partial charge in [-0.2, -0.15) is 5.26 Å². The lowest BCUT2D eigenvalue weighted by Gasteiger charge is -2.13. The van der Waals surface area contributed by atoms with Crippen LogP contribution < -0.4 is 19.5 Å². The molecule has 0 aliphatic rings. The van der Waals surface area contributed by atoms with E-state index < -0.39 is 10.8 Å². The minimum absolute atomic E-state index is 0.00532. The number of rotatable bonds is 12. The summed E-state index contributed by atoms with van der Waals surface area (Å²) in [5.74, 6) is 0.854. The number of nitro benzene ring substituents is 1. The summed E-state index contributed by atoms with van der Waals surface area (Å²) in [7, 11) is 0. The molecule has 43 heavy (non-hydrogen) atoms. The van der Waals surface area contributed by atoms with Gasteiger partial charge in [0.05, 0.1) is 11.5 Å². The highest BCUT2D eigenvalue weighted by molar-refractivity contribution is 6.35. The molecule has 4 rings (SSSR count). The van der Waals surface area contributed by atoms with Gasteiger partial charge in [0, 0.05) is 33.4 Å². The van der Waals surface area contributed by atoms with Crippen molar-refractivity contribution < 1.29 is 23.9 Å². The highest BCUT2D eigenvalue weighted by atomic mass is 35.5. The molecule has 1 N–H and O–H groups in total. The molecule has 1 amide bonds. The van der Waals surface area contributed by atoms with Gasteiger partial charge in [0.2, 0.25) is 0 Å². The van der Waals surface area contributed by atoms with Crippen molar-refractivity contribution in [3.05, 3.63) is 127 Å². The standard InChI is InChI=1S/C32H25Cl2N3O6/c1-2-41-31-16-22(5-14-30(31)43-19-21-3-10-27(11-4-21)37(39)40)15-24(18-35)32(38)36-26-8-12-28(13-9-26)42-20-23-6-7-25(33)17-29(23)34/h3-17H,2,19-20H2,1H3,(H,36,38)/b24-15+. The van der Waals surface area contributed by atoms with Crippen LogP contribution >= 0.6 is 23.2 Å². The third kappa shape index (κ3) is 8.72. The number of nitro groups is 1. The van der Waals surface area contributed by atoms with E-state index in [2.05, 4.69) is 5.32 Å². The fourth-order valence-corrected chi connectivity index (χ4v) is 4.29. The summed E-state index contributed by atoms with van der Waals surface area (Å²) in [6, 6.07) is 24.9. The van der Waals surface area contributed by atoms with Gasteiger partial charge in [-0.05, 0) is 84.8 Å². The summed E-state index contributed by atoms with van der Waals surface area (Å²) in [6.45, 7) is 2.59. The van der Waals surface area contributed by atoms with Crippen LogP contribution in [0.3, 0.4) is 0 Å². The maximum absolute atomic E-state index is 12.9. The Balaban J connectivity index is 1.39. The van der Waals surface area contributed by atoms with E-state index in [0.29, 0.717) is 45.2 Å². The Morgan fingerprint density at radius 1 is 0.930 bits per heavy atom. The van der Waals surface area contributed by atoms with Crippen molar-refractivity contribution in [1.82, 2.24) is 0 Å². The molecule has 0 saturated heterocycles. The van der Waals surface area contributed by atoms with Crippen LogP contribution in [-0.2, 0) is 18.0 Å². The Kier molecular flexibility index (Phi) is 10.6. The lowest BCUT2D eigenvalue weighted by Crippen LogP contribution is -2.13. The average Bonchev–Trinajstić information content (AvgIpc) is 3.00. The molecule has 0 radical (unpaired) electrons. The van der Waals surface area contributed by atoms with Gasteiger partial charge in [-0.15, -0.1) is 0 Å². The molecule has 0 bridgehead atoms. The number of benzene rings is 4.